The summed E-state index contributed by atoms with van der Waals surface area (Å²) in [6, 6.07) is 1.21. The first kappa shape index (κ1) is 15.7. The molecule has 0 aromatic rings. The maximum Gasteiger partial charge on any atom is 0.405 e. The molecule has 17 heavy (non-hydrogen) atoms. The van der Waals surface area contributed by atoms with Crippen LogP contribution in [0.3, 0.4) is 0 Å². The Labute approximate surface area is 97.9 Å². The molecule has 0 aromatic carbocycles. The Morgan fingerprint density at radius 2 is 2.00 bits per heavy atom. The highest BCUT2D eigenvalue weighted by atomic mass is 19.4. The maximum atomic E-state index is 12.3. The minimum Gasteiger partial charge on any atom is -0.469 e. The van der Waals surface area contributed by atoms with Crippen LogP contribution in [0.25, 0.3) is 0 Å². The van der Waals surface area contributed by atoms with Gasteiger partial charge in [0.2, 0.25) is 0 Å². The molecule has 2 unspecified atom stereocenters. The minimum atomic E-state index is -4.54. The Bertz CT molecular complexity index is 299. The van der Waals surface area contributed by atoms with E-state index >= 15 is 0 Å². The van der Waals surface area contributed by atoms with Crippen molar-refractivity contribution in [2.24, 2.45) is 11.8 Å². The summed E-state index contributed by atoms with van der Waals surface area (Å²) in [7, 11) is 2.64. The number of nitrogens with zero attached hydrogens (tertiary/aromatic N) is 2. The number of carbonyl (C=O) groups is 1. The lowest BCUT2D eigenvalue weighted by Crippen LogP contribution is -2.37. The van der Waals surface area contributed by atoms with Gasteiger partial charge in [-0.05, 0) is 7.05 Å². The third-order valence-electron chi connectivity index (χ3n) is 2.23. The highest BCUT2D eigenvalue weighted by Crippen LogP contribution is 2.26. The van der Waals surface area contributed by atoms with Gasteiger partial charge in [0.1, 0.15) is 0 Å². The molecule has 4 nitrogen and oxygen atoms in total. The third-order valence-corrected chi connectivity index (χ3v) is 2.23. The first-order valence-electron chi connectivity index (χ1n) is 4.95. The van der Waals surface area contributed by atoms with Crippen molar-refractivity contribution >= 4 is 5.97 Å². The predicted octanol–water partition coefficient (Wildman–Crippen LogP) is 1.43. The fourth-order valence-electron chi connectivity index (χ4n) is 1.35. The standard InChI is InChI=1S/C10H15F3N2O2/c1-7(9(16)17-3)5-15(2)6-8(4-14)10(11,12)13/h7-8H,5-6H2,1-3H3. The Morgan fingerprint density at radius 3 is 2.35 bits per heavy atom. The quantitative estimate of drug-likeness (QED) is 0.694. The largest absolute Gasteiger partial charge is 0.469 e. The summed E-state index contributed by atoms with van der Waals surface area (Å²) in [5.41, 5.74) is 0. The first-order chi connectivity index (χ1) is 7.72. The molecule has 0 aromatic heterocycles. The summed E-state index contributed by atoms with van der Waals surface area (Å²) >= 11 is 0. The first-order valence-corrected chi connectivity index (χ1v) is 4.95. The summed E-state index contributed by atoms with van der Waals surface area (Å²) in [5.74, 6) is -3.06. The van der Waals surface area contributed by atoms with E-state index in [2.05, 4.69) is 4.74 Å². The molecule has 0 amide bonds. The van der Waals surface area contributed by atoms with Crippen LogP contribution in [0, 0.1) is 23.2 Å². The molecule has 0 aliphatic carbocycles. The Hall–Kier alpha value is -1.29. The molecule has 0 fully saturated rings. The molecule has 2 atom stereocenters. The summed E-state index contributed by atoms with van der Waals surface area (Å²) < 4.78 is 41.4. The van der Waals surface area contributed by atoms with Crippen molar-refractivity contribution in [2.75, 3.05) is 27.2 Å². The number of carbonyl (C=O) groups excluding carboxylic acids is 1. The van der Waals surface area contributed by atoms with Crippen LogP contribution >= 0.6 is 0 Å². The van der Waals surface area contributed by atoms with Crippen LogP contribution in [0.2, 0.25) is 0 Å². The molecular weight excluding hydrogens is 237 g/mol. The van der Waals surface area contributed by atoms with Gasteiger partial charge < -0.3 is 9.64 Å². The van der Waals surface area contributed by atoms with Crippen molar-refractivity contribution < 1.29 is 22.7 Å². The zero-order chi connectivity index (χ0) is 13.6. The van der Waals surface area contributed by atoms with Crippen molar-refractivity contribution in [1.82, 2.24) is 4.90 Å². The number of alkyl halides is 3. The lowest BCUT2D eigenvalue weighted by molar-refractivity contribution is -0.163. The molecule has 0 N–H and O–H groups in total. The van der Waals surface area contributed by atoms with Gasteiger partial charge in [-0.15, -0.1) is 0 Å². The number of hydrogen-bond acceptors (Lipinski definition) is 4. The number of methoxy groups -OCH3 is 1. The second-order valence-electron chi connectivity index (χ2n) is 3.87. The van der Waals surface area contributed by atoms with Gasteiger partial charge in [0.25, 0.3) is 0 Å². The third kappa shape index (κ3) is 5.54. The lowest BCUT2D eigenvalue weighted by atomic mass is 10.1. The molecule has 98 valence electrons. The van der Waals surface area contributed by atoms with Gasteiger partial charge in [-0.3, -0.25) is 4.79 Å². The van der Waals surface area contributed by atoms with E-state index in [1.54, 1.807) is 6.92 Å². The number of rotatable bonds is 5. The summed E-state index contributed by atoms with van der Waals surface area (Å²) in [6.07, 6.45) is -4.54. The topological polar surface area (TPSA) is 53.3 Å². The average molecular weight is 252 g/mol. The average Bonchev–Trinajstić information content (AvgIpc) is 2.22. The molecule has 0 radical (unpaired) electrons. The maximum absolute atomic E-state index is 12.3. The molecule has 0 spiro atoms. The van der Waals surface area contributed by atoms with Gasteiger partial charge in [-0.25, -0.2) is 0 Å². The van der Waals surface area contributed by atoms with Crippen molar-refractivity contribution in [3.63, 3.8) is 0 Å². The monoisotopic (exact) mass is 252 g/mol. The van der Waals surface area contributed by atoms with Crippen molar-refractivity contribution in [3.05, 3.63) is 0 Å². The molecule has 7 heteroatoms. The SMILES string of the molecule is COC(=O)C(C)CN(C)CC(C#N)C(F)(F)F. The Morgan fingerprint density at radius 1 is 1.47 bits per heavy atom. The van der Waals surface area contributed by atoms with Crippen LogP contribution in [0.4, 0.5) is 13.2 Å². The predicted molar refractivity (Wildman–Crippen MR) is 53.8 cm³/mol. The van der Waals surface area contributed by atoms with Crippen LogP contribution in [0.1, 0.15) is 6.92 Å². The molecule has 0 heterocycles. The lowest BCUT2D eigenvalue weighted by Gasteiger charge is -2.23. The van der Waals surface area contributed by atoms with Crippen molar-refractivity contribution in [3.8, 4) is 6.07 Å². The summed E-state index contributed by atoms with van der Waals surface area (Å²) in [5, 5.41) is 8.41. The van der Waals surface area contributed by atoms with Crippen molar-refractivity contribution in [1.29, 1.82) is 5.26 Å². The van der Waals surface area contributed by atoms with Gasteiger partial charge >= 0.3 is 12.1 Å². The van der Waals surface area contributed by atoms with E-state index in [1.807, 2.05) is 0 Å². The normalized spacial score (nSPS) is 15.2. The van der Waals surface area contributed by atoms with E-state index < -0.39 is 30.5 Å². The van der Waals surface area contributed by atoms with Crippen LogP contribution in [-0.2, 0) is 9.53 Å². The van der Waals surface area contributed by atoms with Gasteiger partial charge in [-0.1, -0.05) is 6.92 Å². The number of esters is 1. The van der Waals surface area contributed by atoms with Crippen molar-refractivity contribution in [2.45, 2.75) is 13.1 Å². The number of halogens is 3. The smallest absolute Gasteiger partial charge is 0.405 e. The van der Waals surface area contributed by atoms with Gasteiger partial charge in [0.05, 0.1) is 19.1 Å². The van der Waals surface area contributed by atoms with Crippen LogP contribution in [0.15, 0.2) is 0 Å². The van der Waals surface area contributed by atoms with Gasteiger partial charge in [0.15, 0.2) is 5.92 Å². The van der Waals surface area contributed by atoms with Gasteiger partial charge in [-0.2, -0.15) is 18.4 Å². The van der Waals surface area contributed by atoms with E-state index in [4.69, 9.17) is 5.26 Å². The number of ether oxygens (including phenoxy) is 1. The van der Waals surface area contributed by atoms with Crippen LogP contribution in [0.5, 0.6) is 0 Å². The van der Waals surface area contributed by atoms with E-state index in [1.165, 1.54) is 25.1 Å². The molecule has 0 aliphatic rings. The molecule has 0 aliphatic heterocycles. The fourth-order valence-corrected chi connectivity index (χ4v) is 1.35. The zero-order valence-electron chi connectivity index (χ0n) is 9.91. The molecule has 0 bridgehead atoms. The highest BCUT2D eigenvalue weighted by molar-refractivity contribution is 5.72. The van der Waals surface area contributed by atoms with Gasteiger partial charge in [0, 0.05) is 13.1 Å². The van der Waals surface area contributed by atoms with E-state index in [0.717, 1.165) is 0 Å². The second-order valence-corrected chi connectivity index (χ2v) is 3.87. The minimum absolute atomic E-state index is 0.112. The Balaban J connectivity index is 4.31. The van der Waals surface area contributed by atoms with Crippen LogP contribution in [-0.4, -0.2) is 44.3 Å². The Kier molecular flexibility index (Phi) is 5.96. The second kappa shape index (κ2) is 6.45. The number of hydrogen-bond donors (Lipinski definition) is 0. The molecular formula is C10H15F3N2O2. The fraction of sp³-hybridized carbons (Fsp3) is 0.800. The van der Waals surface area contributed by atoms with E-state index in [9.17, 15) is 18.0 Å². The molecule has 0 saturated heterocycles. The van der Waals surface area contributed by atoms with E-state index in [0.29, 0.717) is 0 Å². The summed E-state index contributed by atoms with van der Waals surface area (Å²) in [4.78, 5) is 12.4. The molecule has 0 saturated carbocycles. The van der Waals surface area contributed by atoms with E-state index in [-0.39, 0.29) is 6.54 Å². The van der Waals surface area contributed by atoms with Crippen LogP contribution < -0.4 is 0 Å². The zero-order valence-corrected chi connectivity index (χ0v) is 9.91. The highest BCUT2D eigenvalue weighted by Gasteiger charge is 2.40. The summed E-state index contributed by atoms with van der Waals surface area (Å²) in [6.45, 7) is 1.21. The molecule has 0 rings (SSSR count). The number of nitriles is 1.